The lowest BCUT2D eigenvalue weighted by molar-refractivity contribution is 0.414. The van der Waals surface area contributed by atoms with Crippen LogP contribution < -0.4 is 10.5 Å². The third-order valence-electron chi connectivity index (χ3n) is 2.14. The molecule has 0 aliphatic carbocycles. The maximum Gasteiger partial charge on any atom is 0.137 e. The van der Waals surface area contributed by atoms with Crippen molar-refractivity contribution in [1.82, 2.24) is 0 Å². The van der Waals surface area contributed by atoms with Gasteiger partial charge in [0, 0.05) is 11.8 Å². The quantitative estimate of drug-likeness (QED) is 0.785. The molecule has 0 aliphatic rings. The van der Waals surface area contributed by atoms with E-state index in [0.29, 0.717) is 16.5 Å². The molecule has 0 heterocycles. The summed E-state index contributed by atoms with van der Waals surface area (Å²) in [5.41, 5.74) is 7.98. The average molecular weight is 232 g/mol. The van der Waals surface area contributed by atoms with E-state index < -0.39 is 0 Å². The first kappa shape index (κ1) is 11.7. The van der Waals surface area contributed by atoms with Crippen LogP contribution in [0.15, 0.2) is 12.1 Å². The topological polar surface area (TPSA) is 35.2 Å². The van der Waals surface area contributed by atoms with Crippen molar-refractivity contribution in [3.05, 3.63) is 28.3 Å². The summed E-state index contributed by atoms with van der Waals surface area (Å²) in [5, 5.41) is 0.588. The van der Waals surface area contributed by atoms with Gasteiger partial charge >= 0.3 is 0 Å². The number of benzene rings is 1. The van der Waals surface area contributed by atoms with Gasteiger partial charge in [-0.05, 0) is 30.2 Å². The normalized spacial score (nSPS) is 12.6. The molecule has 2 N–H and O–H groups in total. The summed E-state index contributed by atoms with van der Waals surface area (Å²) < 4.78 is 5.10. The Bertz CT molecular complexity index is 330. The predicted molar refractivity (Wildman–Crippen MR) is 63.5 cm³/mol. The Kier molecular flexibility index (Phi) is 4.11. The van der Waals surface area contributed by atoms with E-state index >= 15 is 0 Å². The van der Waals surface area contributed by atoms with E-state index in [1.54, 1.807) is 7.11 Å². The number of thiol groups is 1. The average Bonchev–Trinajstić information content (AvgIpc) is 2.19. The molecule has 1 aromatic carbocycles. The number of methoxy groups -OCH3 is 1. The van der Waals surface area contributed by atoms with Gasteiger partial charge in [-0.3, -0.25) is 0 Å². The summed E-state index contributed by atoms with van der Waals surface area (Å²) >= 11 is 10.2. The van der Waals surface area contributed by atoms with E-state index in [9.17, 15) is 0 Å². The molecule has 0 aromatic heterocycles. The Labute approximate surface area is 94.8 Å². The van der Waals surface area contributed by atoms with Gasteiger partial charge in [-0.25, -0.2) is 0 Å². The number of ether oxygens (including phenoxy) is 1. The lowest BCUT2D eigenvalue weighted by Crippen LogP contribution is -2.13. The SMILES string of the molecule is COc1cc(C)c(C(N)CS)cc1Cl. The number of rotatable bonds is 3. The number of hydrogen-bond donors (Lipinski definition) is 2. The van der Waals surface area contributed by atoms with Crippen molar-refractivity contribution in [1.29, 1.82) is 0 Å². The highest BCUT2D eigenvalue weighted by Gasteiger charge is 2.11. The standard InChI is InChI=1S/C10H14ClNOS/c1-6-3-10(13-2)8(11)4-7(6)9(12)5-14/h3-4,9,14H,5,12H2,1-2H3. The Morgan fingerprint density at radius 2 is 2.21 bits per heavy atom. The molecular formula is C10H14ClNOS. The van der Waals surface area contributed by atoms with Gasteiger partial charge in [0.15, 0.2) is 0 Å². The number of nitrogens with two attached hydrogens (primary N) is 1. The van der Waals surface area contributed by atoms with Crippen LogP contribution in [-0.4, -0.2) is 12.9 Å². The van der Waals surface area contributed by atoms with Crippen LogP contribution in [-0.2, 0) is 0 Å². The largest absolute Gasteiger partial charge is 0.495 e. The Balaban J connectivity index is 3.14. The molecule has 0 spiro atoms. The van der Waals surface area contributed by atoms with Gasteiger partial charge in [-0.2, -0.15) is 12.6 Å². The lowest BCUT2D eigenvalue weighted by atomic mass is 10.0. The second-order valence-corrected chi connectivity index (χ2v) is 3.90. The first-order chi connectivity index (χ1) is 6.60. The Morgan fingerprint density at radius 3 is 2.71 bits per heavy atom. The highest BCUT2D eigenvalue weighted by molar-refractivity contribution is 7.80. The van der Waals surface area contributed by atoms with Gasteiger partial charge in [-0.1, -0.05) is 11.6 Å². The second kappa shape index (κ2) is 4.91. The number of aryl methyl sites for hydroxylation is 1. The molecule has 0 saturated heterocycles. The van der Waals surface area contributed by atoms with Crippen molar-refractivity contribution < 1.29 is 4.74 Å². The van der Waals surface area contributed by atoms with Crippen LogP contribution in [0.1, 0.15) is 17.2 Å². The molecule has 2 nitrogen and oxygen atoms in total. The van der Waals surface area contributed by atoms with Gasteiger partial charge in [0.1, 0.15) is 5.75 Å². The molecule has 0 aliphatic heterocycles. The van der Waals surface area contributed by atoms with Crippen molar-refractivity contribution >= 4 is 24.2 Å². The van der Waals surface area contributed by atoms with Crippen molar-refractivity contribution in [3.8, 4) is 5.75 Å². The van der Waals surface area contributed by atoms with Crippen LogP contribution in [0.25, 0.3) is 0 Å². The monoisotopic (exact) mass is 231 g/mol. The van der Waals surface area contributed by atoms with E-state index in [2.05, 4.69) is 12.6 Å². The summed E-state index contributed by atoms with van der Waals surface area (Å²) in [6.07, 6.45) is 0. The summed E-state index contributed by atoms with van der Waals surface area (Å²) in [5.74, 6) is 1.28. The highest BCUT2D eigenvalue weighted by Crippen LogP contribution is 2.30. The van der Waals surface area contributed by atoms with Crippen molar-refractivity contribution in [2.75, 3.05) is 12.9 Å². The molecule has 4 heteroatoms. The van der Waals surface area contributed by atoms with E-state index in [-0.39, 0.29) is 6.04 Å². The first-order valence-electron chi connectivity index (χ1n) is 4.30. The zero-order valence-corrected chi connectivity index (χ0v) is 9.90. The molecule has 0 amide bonds. The van der Waals surface area contributed by atoms with Gasteiger partial charge < -0.3 is 10.5 Å². The van der Waals surface area contributed by atoms with E-state index in [1.807, 2.05) is 19.1 Å². The zero-order chi connectivity index (χ0) is 10.7. The summed E-state index contributed by atoms with van der Waals surface area (Å²) in [6, 6.07) is 3.65. The minimum Gasteiger partial charge on any atom is -0.495 e. The van der Waals surface area contributed by atoms with Crippen LogP contribution in [0, 0.1) is 6.92 Å². The third-order valence-corrected chi connectivity index (χ3v) is 2.83. The molecule has 1 aromatic rings. The van der Waals surface area contributed by atoms with Crippen molar-refractivity contribution in [3.63, 3.8) is 0 Å². The van der Waals surface area contributed by atoms with Crippen LogP contribution >= 0.6 is 24.2 Å². The fourth-order valence-corrected chi connectivity index (χ4v) is 1.77. The fourth-order valence-electron chi connectivity index (χ4n) is 1.32. The van der Waals surface area contributed by atoms with Crippen molar-refractivity contribution in [2.24, 2.45) is 5.73 Å². The maximum atomic E-state index is 6.00. The molecule has 1 unspecified atom stereocenters. The maximum absolute atomic E-state index is 6.00. The minimum atomic E-state index is -0.0817. The summed E-state index contributed by atoms with van der Waals surface area (Å²) in [6.45, 7) is 1.98. The van der Waals surface area contributed by atoms with Gasteiger partial charge in [-0.15, -0.1) is 0 Å². The number of halogens is 1. The molecule has 0 saturated carbocycles. The van der Waals surface area contributed by atoms with Gasteiger partial charge in [0.05, 0.1) is 12.1 Å². The lowest BCUT2D eigenvalue weighted by Gasteiger charge is -2.14. The van der Waals surface area contributed by atoms with Crippen LogP contribution in [0.3, 0.4) is 0 Å². The third kappa shape index (κ3) is 2.35. The number of hydrogen-bond acceptors (Lipinski definition) is 3. The molecule has 0 bridgehead atoms. The van der Waals surface area contributed by atoms with E-state index in [1.165, 1.54) is 0 Å². The molecule has 1 atom stereocenters. The zero-order valence-electron chi connectivity index (χ0n) is 8.25. The van der Waals surface area contributed by atoms with Crippen LogP contribution in [0.5, 0.6) is 5.75 Å². The summed E-state index contributed by atoms with van der Waals surface area (Å²) in [7, 11) is 1.60. The van der Waals surface area contributed by atoms with Gasteiger partial charge in [0.25, 0.3) is 0 Å². The fraction of sp³-hybridized carbons (Fsp3) is 0.400. The van der Waals surface area contributed by atoms with E-state index in [4.69, 9.17) is 22.1 Å². The van der Waals surface area contributed by atoms with Crippen LogP contribution in [0.4, 0.5) is 0 Å². The Hall–Kier alpha value is -0.380. The molecule has 0 fully saturated rings. The molecular weight excluding hydrogens is 218 g/mol. The smallest absolute Gasteiger partial charge is 0.137 e. The predicted octanol–water partition coefficient (Wildman–Crippen LogP) is 2.59. The molecule has 14 heavy (non-hydrogen) atoms. The minimum absolute atomic E-state index is 0.0817. The van der Waals surface area contributed by atoms with Crippen molar-refractivity contribution in [2.45, 2.75) is 13.0 Å². The van der Waals surface area contributed by atoms with Gasteiger partial charge in [0.2, 0.25) is 0 Å². The molecule has 78 valence electrons. The Morgan fingerprint density at radius 1 is 1.57 bits per heavy atom. The summed E-state index contributed by atoms with van der Waals surface area (Å²) in [4.78, 5) is 0. The van der Waals surface area contributed by atoms with Crippen LogP contribution in [0.2, 0.25) is 5.02 Å². The van der Waals surface area contributed by atoms with E-state index in [0.717, 1.165) is 11.1 Å². The first-order valence-corrected chi connectivity index (χ1v) is 5.31. The molecule has 0 radical (unpaired) electrons. The highest BCUT2D eigenvalue weighted by atomic mass is 35.5. The molecule has 1 rings (SSSR count). The second-order valence-electron chi connectivity index (χ2n) is 3.13.